The van der Waals surface area contributed by atoms with E-state index in [0.717, 1.165) is 14.2 Å². The Hall–Kier alpha value is -1.71. The number of nitrogens with zero attached hydrogens (tertiary/aromatic N) is 4. The molecule has 0 aliphatic heterocycles. The van der Waals surface area contributed by atoms with Gasteiger partial charge in [-0.05, 0) is 59.3 Å². The fourth-order valence-corrected chi connectivity index (χ4v) is 4.82. The van der Waals surface area contributed by atoms with Crippen molar-refractivity contribution in [3.8, 4) is 11.4 Å². The number of benzene rings is 1. The number of rotatable bonds is 7. The Labute approximate surface area is 173 Å². The van der Waals surface area contributed by atoms with Gasteiger partial charge in [-0.1, -0.05) is 11.8 Å². The molecule has 0 spiro atoms. The molecule has 0 N–H and O–H groups in total. The van der Waals surface area contributed by atoms with E-state index in [-0.39, 0.29) is 17.5 Å². The molecule has 3 rings (SSSR count). The van der Waals surface area contributed by atoms with E-state index in [4.69, 9.17) is 0 Å². The van der Waals surface area contributed by atoms with Crippen LogP contribution in [0.25, 0.3) is 11.4 Å². The van der Waals surface area contributed by atoms with Crippen LogP contribution in [0.4, 0.5) is 4.39 Å². The Morgan fingerprint density at radius 2 is 2.00 bits per heavy atom. The first-order valence-electron chi connectivity index (χ1n) is 8.28. The normalized spacial score (nSPS) is 11.0. The van der Waals surface area contributed by atoms with E-state index in [1.807, 2.05) is 35.6 Å². The summed E-state index contributed by atoms with van der Waals surface area (Å²) in [6.45, 7) is 3.22. The largest absolute Gasteiger partial charge is 0.337 e. The number of thioether (sulfide) groups is 1. The first-order chi connectivity index (χ1) is 13.0. The number of hydrogen-bond donors (Lipinski definition) is 0. The van der Waals surface area contributed by atoms with E-state index in [0.29, 0.717) is 24.1 Å². The predicted molar refractivity (Wildman–Crippen MR) is 110 cm³/mol. The summed E-state index contributed by atoms with van der Waals surface area (Å²) in [4.78, 5) is 15.5. The molecule has 27 heavy (non-hydrogen) atoms. The van der Waals surface area contributed by atoms with Crippen LogP contribution in [0.5, 0.6) is 0 Å². The monoisotopic (exact) mass is 468 g/mol. The molecule has 2 heterocycles. The number of thiophene rings is 1. The molecule has 0 saturated carbocycles. The first kappa shape index (κ1) is 20.0. The second kappa shape index (κ2) is 8.99. The Balaban J connectivity index is 1.63. The minimum atomic E-state index is -0.293. The number of halogens is 2. The van der Waals surface area contributed by atoms with Gasteiger partial charge in [0.1, 0.15) is 5.82 Å². The van der Waals surface area contributed by atoms with Gasteiger partial charge in [0.05, 0.1) is 16.1 Å². The zero-order valence-corrected chi connectivity index (χ0v) is 18.1. The van der Waals surface area contributed by atoms with Gasteiger partial charge in [-0.15, -0.1) is 21.5 Å². The maximum atomic E-state index is 13.1. The number of carbonyl (C=O) groups excluding carboxylic acids is 1. The maximum Gasteiger partial charge on any atom is 0.233 e. The summed E-state index contributed by atoms with van der Waals surface area (Å²) < 4.78 is 16.0. The smallest absolute Gasteiger partial charge is 0.233 e. The van der Waals surface area contributed by atoms with Gasteiger partial charge in [0.15, 0.2) is 11.0 Å². The standard InChI is InChI=1S/C18H18BrFN4OS2/c1-3-24(10-14-8-9-15(19)27-14)16(25)11-26-18-22-21-17(23(18)2)12-4-6-13(20)7-5-12/h4-9H,3,10-11H2,1-2H3. The summed E-state index contributed by atoms with van der Waals surface area (Å²) in [5.74, 6) is 0.688. The van der Waals surface area contributed by atoms with Gasteiger partial charge in [-0.2, -0.15) is 0 Å². The van der Waals surface area contributed by atoms with Crippen molar-refractivity contribution in [3.63, 3.8) is 0 Å². The highest BCUT2D eigenvalue weighted by molar-refractivity contribution is 9.11. The van der Waals surface area contributed by atoms with E-state index >= 15 is 0 Å². The molecule has 0 aliphatic carbocycles. The summed E-state index contributed by atoms with van der Waals surface area (Å²) in [7, 11) is 1.84. The van der Waals surface area contributed by atoms with Gasteiger partial charge in [0.25, 0.3) is 0 Å². The Morgan fingerprint density at radius 1 is 1.26 bits per heavy atom. The zero-order chi connectivity index (χ0) is 19.4. The zero-order valence-electron chi connectivity index (χ0n) is 14.9. The molecule has 1 aromatic carbocycles. The van der Waals surface area contributed by atoms with Crippen LogP contribution in [0, 0.1) is 5.82 Å². The van der Waals surface area contributed by atoms with Crippen molar-refractivity contribution >= 4 is 44.9 Å². The molecule has 0 saturated heterocycles. The third-order valence-corrected chi connectivity index (χ3v) is 6.59. The summed E-state index contributed by atoms with van der Waals surface area (Å²) >= 11 is 6.43. The van der Waals surface area contributed by atoms with Gasteiger partial charge in [-0.3, -0.25) is 4.79 Å². The van der Waals surface area contributed by atoms with E-state index < -0.39 is 0 Å². The number of aromatic nitrogens is 3. The SMILES string of the molecule is CCN(Cc1ccc(Br)s1)C(=O)CSc1nnc(-c2ccc(F)cc2)n1C. The summed E-state index contributed by atoms with van der Waals surface area (Å²) in [5, 5.41) is 8.99. The average Bonchev–Trinajstić information content (AvgIpc) is 3.24. The number of amides is 1. The van der Waals surface area contributed by atoms with Gasteiger partial charge in [-0.25, -0.2) is 4.39 Å². The molecule has 5 nitrogen and oxygen atoms in total. The van der Waals surface area contributed by atoms with Gasteiger partial charge in [0.2, 0.25) is 5.91 Å². The Kier molecular flexibility index (Phi) is 6.67. The van der Waals surface area contributed by atoms with Crippen molar-refractivity contribution in [2.45, 2.75) is 18.6 Å². The highest BCUT2D eigenvalue weighted by Crippen LogP contribution is 2.25. The van der Waals surface area contributed by atoms with Crippen LogP contribution >= 0.6 is 39.0 Å². The minimum absolute atomic E-state index is 0.0540. The molecule has 9 heteroatoms. The molecule has 0 atom stereocenters. The second-order valence-electron chi connectivity index (χ2n) is 5.77. The van der Waals surface area contributed by atoms with Gasteiger partial charge in [0, 0.05) is 24.0 Å². The highest BCUT2D eigenvalue weighted by Gasteiger charge is 2.17. The quantitative estimate of drug-likeness (QED) is 0.476. The summed E-state index contributed by atoms with van der Waals surface area (Å²) in [5.41, 5.74) is 0.781. The van der Waals surface area contributed by atoms with Gasteiger partial charge < -0.3 is 9.47 Å². The molecule has 0 bridgehead atoms. The van der Waals surface area contributed by atoms with E-state index in [1.54, 1.807) is 23.5 Å². The lowest BCUT2D eigenvalue weighted by atomic mass is 10.2. The van der Waals surface area contributed by atoms with Crippen molar-refractivity contribution in [1.82, 2.24) is 19.7 Å². The van der Waals surface area contributed by atoms with Crippen molar-refractivity contribution in [2.75, 3.05) is 12.3 Å². The summed E-state index contributed by atoms with van der Waals surface area (Å²) in [6.07, 6.45) is 0. The molecule has 0 aliphatic rings. The second-order valence-corrected chi connectivity index (χ2v) is 9.26. The van der Waals surface area contributed by atoms with Crippen LogP contribution in [-0.2, 0) is 18.4 Å². The Bertz CT molecular complexity index is 926. The van der Waals surface area contributed by atoms with Crippen LogP contribution in [0.3, 0.4) is 0 Å². The molecule has 3 aromatic rings. The van der Waals surface area contributed by atoms with Crippen LogP contribution < -0.4 is 0 Å². The van der Waals surface area contributed by atoms with Crippen molar-refractivity contribution in [3.05, 3.63) is 50.9 Å². The fraction of sp³-hybridized carbons (Fsp3) is 0.278. The van der Waals surface area contributed by atoms with Crippen LogP contribution in [-0.4, -0.2) is 37.9 Å². The molecule has 2 aromatic heterocycles. The average molecular weight is 469 g/mol. The molecule has 0 fully saturated rings. The predicted octanol–water partition coefficient (Wildman–Crippen LogP) is 4.59. The highest BCUT2D eigenvalue weighted by atomic mass is 79.9. The van der Waals surface area contributed by atoms with Crippen LogP contribution in [0.1, 0.15) is 11.8 Å². The molecular formula is C18H18BrFN4OS2. The number of carbonyl (C=O) groups is 1. The third kappa shape index (κ3) is 4.97. The lowest BCUT2D eigenvalue weighted by molar-refractivity contribution is -0.128. The minimum Gasteiger partial charge on any atom is -0.337 e. The first-order valence-corrected chi connectivity index (χ1v) is 10.9. The lowest BCUT2D eigenvalue weighted by Gasteiger charge is -2.19. The topological polar surface area (TPSA) is 51.0 Å². The molecule has 1 amide bonds. The molecule has 0 unspecified atom stereocenters. The summed E-state index contributed by atoms with van der Waals surface area (Å²) in [6, 6.07) is 10.1. The van der Waals surface area contributed by atoms with E-state index in [1.165, 1.54) is 23.9 Å². The lowest BCUT2D eigenvalue weighted by Crippen LogP contribution is -2.31. The Morgan fingerprint density at radius 3 is 2.63 bits per heavy atom. The van der Waals surface area contributed by atoms with E-state index in [9.17, 15) is 9.18 Å². The van der Waals surface area contributed by atoms with Crippen molar-refractivity contribution in [1.29, 1.82) is 0 Å². The molecule has 142 valence electrons. The molecular weight excluding hydrogens is 451 g/mol. The third-order valence-electron chi connectivity index (χ3n) is 3.97. The number of hydrogen-bond acceptors (Lipinski definition) is 5. The van der Waals surface area contributed by atoms with Gasteiger partial charge >= 0.3 is 0 Å². The fourth-order valence-electron chi connectivity index (χ4n) is 2.51. The molecule has 0 radical (unpaired) electrons. The van der Waals surface area contributed by atoms with Crippen LogP contribution in [0.2, 0.25) is 0 Å². The maximum absolute atomic E-state index is 13.1. The van der Waals surface area contributed by atoms with Crippen molar-refractivity contribution < 1.29 is 9.18 Å². The van der Waals surface area contributed by atoms with Crippen molar-refractivity contribution in [2.24, 2.45) is 7.05 Å². The van der Waals surface area contributed by atoms with E-state index in [2.05, 4.69) is 26.1 Å². The van der Waals surface area contributed by atoms with Crippen LogP contribution in [0.15, 0.2) is 45.3 Å².